The van der Waals surface area contributed by atoms with E-state index in [-0.39, 0.29) is 5.91 Å². The third kappa shape index (κ3) is 5.26. The number of nitrogens with zero attached hydrogens (tertiary/aromatic N) is 3. The van der Waals surface area contributed by atoms with Crippen molar-refractivity contribution in [2.24, 2.45) is 0 Å². The van der Waals surface area contributed by atoms with Crippen molar-refractivity contribution in [3.63, 3.8) is 0 Å². The molecule has 6 nitrogen and oxygen atoms in total. The molecular formula is C28H27N3O3S. The SMILES string of the molecule is C[C@@H](OC(=O)c1cc(-c2cccs2)nc2ccccc12)C(=O)N1CCN(Cc2ccccc2)CC1. The van der Waals surface area contributed by atoms with Gasteiger partial charge in [0.1, 0.15) is 0 Å². The molecule has 0 saturated carbocycles. The van der Waals surface area contributed by atoms with Gasteiger partial charge in [0.2, 0.25) is 0 Å². The smallest absolute Gasteiger partial charge is 0.339 e. The van der Waals surface area contributed by atoms with E-state index in [1.165, 1.54) is 5.56 Å². The van der Waals surface area contributed by atoms with Crippen LogP contribution in [0.1, 0.15) is 22.8 Å². The van der Waals surface area contributed by atoms with Crippen molar-refractivity contribution >= 4 is 34.1 Å². The molecule has 0 aliphatic carbocycles. The summed E-state index contributed by atoms with van der Waals surface area (Å²) in [6.07, 6.45) is -0.861. The maximum absolute atomic E-state index is 13.2. The van der Waals surface area contributed by atoms with Gasteiger partial charge in [-0.2, -0.15) is 0 Å². The van der Waals surface area contributed by atoms with Crippen LogP contribution in [0.25, 0.3) is 21.5 Å². The summed E-state index contributed by atoms with van der Waals surface area (Å²) in [7, 11) is 0. The molecule has 4 aromatic rings. The van der Waals surface area contributed by atoms with Crippen LogP contribution < -0.4 is 0 Å². The lowest BCUT2D eigenvalue weighted by molar-refractivity contribution is -0.141. The van der Waals surface area contributed by atoms with Crippen LogP contribution in [0.3, 0.4) is 0 Å². The van der Waals surface area contributed by atoms with Gasteiger partial charge in [0, 0.05) is 38.1 Å². The van der Waals surface area contributed by atoms with Crippen molar-refractivity contribution in [1.29, 1.82) is 0 Å². The molecule has 2 aromatic heterocycles. The Kier molecular flexibility index (Phi) is 6.88. The van der Waals surface area contributed by atoms with Crippen LogP contribution in [-0.4, -0.2) is 58.9 Å². The number of pyridine rings is 1. The molecule has 1 aliphatic heterocycles. The zero-order chi connectivity index (χ0) is 24.2. The Balaban J connectivity index is 1.25. The number of fused-ring (bicyclic) bond motifs is 1. The minimum absolute atomic E-state index is 0.158. The predicted octanol–water partition coefficient (Wildman–Crippen LogP) is 4.85. The molecule has 3 heterocycles. The normalized spacial score (nSPS) is 15.2. The lowest BCUT2D eigenvalue weighted by Gasteiger charge is -2.35. The average Bonchev–Trinajstić information content (AvgIpc) is 3.44. The Morgan fingerprint density at radius 3 is 2.46 bits per heavy atom. The van der Waals surface area contributed by atoms with E-state index in [1.54, 1.807) is 29.2 Å². The molecule has 0 radical (unpaired) electrons. The molecule has 0 N–H and O–H groups in total. The Morgan fingerprint density at radius 2 is 1.71 bits per heavy atom. The number of piperazine rings is 1. The van der Waals surface area contributed by atoms with Crippen molar-refractivity contribution in [3.05, 3.63) is 89.3 Å². The van der Waals surface area contributed by atoms with E-state index in [0.717, 1.165) is 35.7 Å². The molecule has 1 saturated heterocycles. The van der Waals surface area contributed by atoms with Gasteiger partial charge in [0.05, 0.1) is 21.7 Å². The highest BCUT2D eigenvalue weighted by atomic mass is 32.1. The standard InChI is InChI=1S/C28H27N3O3S/c1-20(27(32)31-15-13-30(14-16-31)19-21-8-3-2-4-9-21)34-28(33)23-18-25(26-12-7-17-35-26)29-24-11-6-5-10-22(23)24/h2-12,17-18,20H,13-16,19H2,1H3/t20-/m1/s1. The Hall–Kier alpha value is -3.55. The number of ether oxygens (including phenoxy) is 1. The molecule has 35 heavy (non-hydrogen) atoms. The van der Waals surface area contributed by atoms with Crippen LogP contribution in [-0.2, 0) is 16.1 Å². The number of amides is 1. The molecule has 0 unspecified atom stereocenters. The van der Waals surface area contributed by atoms with Gasteiger partial charge in [-0.25, -0.2) is 9.78 Å². The summed E-state index contributed by atoms with van der Waals surface area (Å²) in [6.45, 7) is 5.35. The van der Waals surface area contributed by atoms with Crippen molar-refractivity contribution in [2.75, 3.05) is 26.2 Å². The minimum Gasteiger partial charge on any atom is -0.449 e. The molecular weight excluding hydrogens is 458 g/mol. The zero-order valence-corrected chi connectivity index (χ0v) is 20.4. The topological polar surface area (TPSA) is 62.7 Å². The number of hydrogen-bond acceptors (Lipinski definition) is 6. The molecule has 1 atom stereocenters. The number of rotatable bonds is 6. The molecule has 178 valence electrons. The summed E-state index contributed by atoms with van der Waals surface area (Å²) in [5.74, 6) is -0.667. The summed E-state index contributed by atoms with van der Waals surface area (Å²) >= 11 is 1.56. The Labute approximate surface area is 208 Å². The number of aromatic nitrogens is 1. The van der Waals surface area contributed by atoms with Gasteiger partial charge in [-0.15, -0.1) is 11.3 Å². The second-order valence-corrected chi connectivity index (χ2v) is 9.63. The molecule has 2 aromatic carbocycles. The minimum atomic E-state index is -0.861. The van der Waals surface area contributed by atoms with Gasteiger partial charge in [-0.05, 0) is 36.1 Å². The first-order valence-corrected chi connectivity index (χ1v) is 12.7. The zero-order valence-electron chi connectivity index (χ0n) is 19.6. The summed E-state index contributed by atoms with van der Waals surface area (Å²) in [5.41, 5.74) is 3.13. The maximum Gasteiger partial charge on any atom is 0.339 e. The van der Waals surface area contributed by atoms with Crippen molar-refractivity contribution in [2.45, 2.75) is 19.6 Å². The van der Waals surface area contributed by atoms with E-state index in [1.807, 2.05) is 60.0 Å². The first-order chi connectivity index (χ1) is 17.1. The molecule has 1 fully saturated rings. The number of para-hydroxylation sites is 1. The Bertz CT molecular complexity index is 1320. The van der Waals surface area contributed by atoms with E-state index in [0.29, 0.717) is 24.0 Å². The molecule has 5 rings (SSSR count). The summed E-state index contributed by atoms with van der Waals surface area (Å²) < 4.78 is 5.69. The summed E-state index contributed by atoms with van der Waals surface area (Å²) in [6, 6.07) is 23.5. The van der Waals surface area contributed by atoms with Gasteiger partial charge >= 0.3 is 5.97 Å². The maximum atomic E-state index is 13.2. The monoisotopic (exact) mass is 485 g/mol. The molecule has 1 aliphatic rings. The van der Waals surface area contributed by atoms with Crippen LogP contribution in [0.4, 0.5) is 0 Å². The van der Waals surface area contributed by atoms with E-state index >= 15 is 0 Å². The van der Waals surface area contributed by atoms with Crippen LogP contribution >= 0.6 is 11.3 Å². The highest BCUT2D eigenvalue weighted by Crippen LogP contribution is 2.28. The third-order valence-electron chi connectivity index (χ3n) is 6.27. The van der Waals surface area contributed by atoms with Crippen LogP contribution in [0.5, 0.6) is 0 Å². The number of carbonyl (C=O) groups is 2. The first-order valence-electron chi connectivity index (χ1n) is 11.8. The summed E-state index contributed by atoms with van der Waals surface area (Å²) in [5, 5.41) is 2.69. The number of thiophene rings is 1. The lowest BCUT2D eigenvalue weighted by atomic mass is 10.1. The van der Waals surface area contributed by atoms with Crippen molar-refractivity contribution < 1.29 is 14.3 Å². The van der Waals surface area contributed by atoms with Crippen LogP contribution in [0, 0.1) is 0 Å². The average molecular weight is 486 g/mol. The van der Waals surface area contributed by atoms with Gasteiger partial charge in [-0.1, -0.05) is 54.6 Å². The molecule has 7 heteroatoms. The second kappa shape index (κ2) is 10.4. The number of esters is 1. The highest BCUT2D eigenvalue weighted by molar-refractivity contribution is 7.13. The number of benzene rings is 2. The van der Waals surface area contributed by atoms with Gasteiger partial charge in [0.15, 0.2) is 6.10 Å². The molecule has 1 amide bonds. The van der Waals surface area contributed by atoms with E-state index in [4.69, 9.17) is 9.72 Å². The van der Waals surface area contributed by atoms with Crippen LogP contribution in [0.2, 0.25) is 0 Å². The fourth-order valence-corrected chi connectivity index (χ4v) is 5.08. The number of carbonyl (C=O) groups excluding carboxylic acids is 2. The first kappa shape index (κ1) is 23.2. The largest absolute Gasteiger partial charge is 0.449 e. The fraction of sp³-hybridized carbons (Fsp3) is 0.250. The third-order valence-corrected chi connectivity index (χ3v) is 7.17. The second-order valence-electron chi connectivity index (χ2n) is 8.68. The van der Waals surface area contributed by atoms with Gasteiger partial charge < -0.3 is 9.64 Å². The van der Waals surface area contributed by atoms with E-state index in [2.05, 4.69) is 17.0 Å². The lowest BCUT2D eigenvalue weighted by Crippen LogP contribution is -2.51. The van der Waals surface area contributed by atoms with Gasteiger partial charge in [-0.3, -0.25) is 9.69 Å². The van der Waals surface area contributed by atoms with Crippen molar-refractivity contribution in [1.82, 2.24) is 14.8 Å². The molecule has 0 spiro atoms. The van der Waals surface area contributed by atoms with E-state index < -0.39 is 12.1 Å². The van der Waals surface area contributed by atoms with Gasteiger partial charge in [0.25, 0.3) is 5.91 Å². The highest BCUT2D eigenvalue weighted by Gasteiger charge is 2.28. The predicted molar refractivity (Wildman–Crippen MR) is 138 cm³/mol. The molecule has 0 bridgehead atoms. The van der Waals surface area contributed by atoms with E-state index in [9.17, 15) is 9.59 Å². The quantitative estimate of drug-likeness (QED) is 0.365. The van der Waals surface area contributed by atoms with Crippen molar-refractivity contribution in [3.8, 4) is 10.6 Å². The summed E-state index contributed by atoms with van der Waals surface area (Å²) in [4.78, 5) is 36.1. The number of hydrogen-bond donors (Lipinski definition) is 0. The Morgan fingerprint density at radius 1 is 0.971 bits per heavy atom. The van der Waals surface area contributed by atoms with Crippen LogP contribution in [0.15, 0.2) is 78.2 Å². The fourth-order valence-electron chi connectivity index (χ4n) is 4.39.